The van der Waals surface area contributed by atoms with Crippen LogP contribution in [0.4, 0.5) is 10.8 Å². The molecule has 0 N–H and O–H groups in total. The number of aromatic nitrogens is 1. The second-order valence-corrected chi connectivity index (χ2v) is 9.77. The molecule has 0 bridgehead atoms. The van der Waals surface area contributed by atoms with Gasteiger partial charge in [-0.3, -0.25) is 14.5 Å². The van der Waals surface area contributed by atoms with Crippen molar-refractivity contribution in [3.63, 3.8) is 0 Å². The van der Waals surface area contributed by atoms with Crippen LogP contribution in [-0.2, 0) is 16.0 Å². The summed E-state index contributed by atoms with van der Waals surface area (Å²) in [5.41, 5.74) is 3.75. The smallest absolute Gasteiger partial charge is 0.238 e. The van der Waals surface area contributed by atoms with Gasteiger partial charge in [-0.15, -0.1) is 0 Å². The number of fused-ring (bicyclic) bond motifs is 1. The first-order chi connectivity index (χ1) is 16.6. The van der Waals surface area contributed by atoms with Crippen LogP contribution in [0.1, 0.15) is 24.0 Å². The van der Waals surface area contributed by atoms with Crippen LogP contribution in [0.15, 0.2) is 78.9 Å². The Hall–Kier alpha value is -3.51. The monoisotopic (exact) mass is 469 g/mol. The Morgan fingerprint density at radius 3 is 2.53 bits per heavy atom. The number of carbonyl (C=O) groups is 2. The van der Waals surface area contributed by atoms with Gasteiger partial charge < -0.3 is 4.90 Å². The molecule has 1 aliphatic rings. The molecule has 5 nitrogen and oxygen atoms in total. The number of carbonyl (C=O) groups excluding carboxylic acids is 2. The van der Waals surface area contributed by atoms with Gasteiger partial charge in [0.2, 0.25) is 11.8 Å². The first-order valence-corrected chi connectivity index (χ1v) is 12.5. The van der Waals surface area contributed by atoms with Gasteiger partial charge in [-0.2, -0.15) is 0 Å². The van der Waals surface area contributed by atoms with E-state index in [1.807, 2.05) is 90.7 Å². The highest BCUT2D eigenvalue weighted by atomic mass is 32.1. The maximum atomic E-state index is 14.0. The summed E-state index contributed by atoms with van der Waals surface area (Å²) in [6.45, 7) is 3.15. The molecule has 6 heteroatoms. The van der Waals surface area contributed by atoms with Gasteiger partial charge in [-0.25, -0.2) is 4.98 Å². The fourth-order valence-corrected chi connectivity index (χ4v) is 5.54. The zero-order valence-electron chi connectivity index (χ0n) is 19.2. The number of amides is 2. The van der Waals surface area contributed by atoms with Crippen LogP contribution in [0, 0.1) is 12.8 Å². The Bertz CT molecular complexity index is 1280. The van der Waals surface area contributed by atoms with Crippen molar-refractivity contribution in [2.45, 2.75) is 26.2 Å². The summed E-state index contributed by atoms with van der Waals surface area (Å²) in [4.78, 5) is 35.4. The average molecular weight is 470 g/mol. The van der Waals surface area contributed by atoms with E-state index in [0.717, 1.165) is 39.9 Å². The molecule has 1 aromatic heterocycles. The number of aryl methyl sites for hydroxylation is 1. The van der Waals surface area contributed by atoms with E-state index in [1.54, 1.807) is 4.90 Å². The summed E-state index contributed by atoms with van der Waals surface area (Å²) in [6.07, 6.45) is 1.95. The molecule has 1 atom stereocenters. The van der Waals surface area contributed by atoms with Gasteiger partial charge >= 0.3 is 0 Å². The first-order valence-electron chi connectivity index (χ1n) is 11.7. The summed E-state index contributed by atoms with van der Waals surface area (Å²) < 4.78 is 1.05. The second-order valence-electron chi connectivity index (χ2n) is 8.77. The normalized spacial score (nSPS) is 15.9. The van der Waals surface area contributed by atoms with Crippen molar-refractivity contribution in [3.05, 3.63) is 90.0 Å². The van der Waals surface area contributed by atoms with Gasteiger partial charge in [-0.1, -0.05) is 72.0 Å². The Kier molecular flexibility index (Phi) is 6.41. The molecule has 1 aliphatic heterocycles. The number of nitrogens with zero attached hydrogens (tertiary/aromatic N) is 3. The van der Waals surface area contributed by atoms with Crippen molar-refractivity contribution in [1.29, 1.82) is 0 Å². The predicted octanol–water partition coefficient (Wildman–Crippen LogP) is 5.75. The average Bonchev–Trinajstić information content (AvgIpc) is 3.30. The largest absolute Gasteiger partial charge is 0.342 e. The number of hydrogen-bond acceptors (Lipinski definition) is 4. The Morgan fingerprint density at radius 1 is 1.00 bits per heavy atom. The number of para-hydroxylation sites is 2. The highest BCUT2D eigenvalue weighted by Gasteiger charge is 2.34. The third-order valence-electron chi connectivity index (χ3n) is 6.37. The van der Waals surface area contributed by atoms with Crippen LogP contribution >= 0.6 is 11.3 Å². The topological polar surface area (TPSA) is 53.5 Å². The first kappa shape index (κ1) is 22.3. The van der Waals surface area contributed by atoms with E-state index in [2.05, 4.69) is 0 Å². The number of rotatable bonds is 5. The van der Waals surface area contributed by atoms with Gasteiger partial charge in [0.15, 0.2) is 5.13 Å². The lowest BCUT2D eigenvalue weighted by Crippen LogP contribution is -2.46. The molecule has 0 spiro atoms. The van der Waals surface area contributed by atoms with Crippen molar-refractivity contribution in [1.82, 2.24) is 9.88 Å². The maximum absolute atomic E-state index is 14.0. The molecule has 0 saturated carbocycles. The number of thiazole rings is 1. The third-order valence-corrected chi connectivity index (χ3v) is 7.39. The Balaban J connectivity index is 1.43. The minimum Gasteiger partial charge on any atom is -0.342 e. The molecule has 2 amide bonds. The number of likely N-dealkylation sites (tertiary alicyclic amines) is 1. The van der Waals surface area contributed by atoms with Gasteiger partial charge in [0.25, 0.3) is 0 Å². The maximum Gasteiger partial charge on any atom is 0.238 e. The lowest BCUT2D eigenvalue weighted by Gasteiger charge is -2.34. The van der Waals surface area contributed by atoms with Crippen LogP contribution in [0.25, 0.3) is 10.2 Å². The molecule has 1 saturated heterocycles. The molecular formula is C28H27N3O2S. The van der Waals surface area contributed by atoms with E-state index in [1.165, 1.54) is 11.3 Å². The van der Waals surface area contributed by atoms with E-state index < -0.39 is 0 Å². The SMILES string of the molecule is Cc1ccccc1N(C(=O)C1CCCN(C(=O)Cc2ccccc2)C1)c1nc2ccccc2s1. The van der Waals surface area contributed by atoms with Crippen LogP contribution < -0.4 is 4.90 Å². The quantitative estimate of drug-likeness (QED) is 0.374. The minimum atomic E-state index is -0.264. The number of hydrogen-bond donors (Lipinski definition) is 0. The fraction of sp³-hybridized carbons (Fsp3) is 0.250. The van der Waals surface area contributed by atoms with Crippen LogP contribution in [0.5, 0.6) is 0 Å². The summed E-state index contributed by atoms with van der Waals surface area (Å²) in [5, 5.41) is 0.674. The number of piperidine rings is 1. The molecule has 1 fully saturated rings. The predicted molar refractivity (Wildman–Crippen MR) is 137 cm³/mol. The second kappa shape index (κ2) is 9.77. The molecule has 1 unspecified atom stereocenters. The summed E-state index contributed by atoms with van der Waals surface area (Å²) >= 11 is 1.52. The highest BCUT2D eigenvalue weighted by Crippen LogP contribution is 2.37. The molecule has 4 aromatic rings. The highest BCUT2D eigenvalue weighted by molar-refractivity contribution is 7.22. The van der Waals surface area contributed by atoms with Crippen LogP contribution in [0.3, 0.4) is 0 Å². The van der Waals surface area contributed by atoms with E-state index in [-0.39, 0.29) is 17.7 Å². The Labute approximate surface area is 203 Å². The zero-order chi connectivity index (χ0) is 23.5. The van der Waals surface area contributed by atoms with Crippen molar-refractivity contribution in [2.24, 2.45) is 5.92 Å². The van der Waals surface area contributed by atoms with E-state index in [4.69, 9.17) is 4.98 Å². The third kappa shape index (κ3) is 4.59. The van der Waals surface area contributed by atoms with Gasteiger partial charge in [0.05, 0.1) is 28.2 Å². The summed E-state index contributed by atoms with van der Waals surface area (Å²) in [6, 6.07) is 25.6. The molecule has 0 aliphatic carbocycles. The standard InChI is InChI=1S/C28H27N3O2S/c1-20-10-5-7-15-24(20)31(28-29-23-14-6-8-16-25(23)34-28)27(33)22-13-9-17-30(19-22)26(32)18-21-11-3-2-4-12-21/h2-8,10-12,14-16,22H,9,13,17-19H2,1H3. The van der Waals surface area contributed by atoms with Crippen molar-refractivity contribution in [3.8, 4) is 0 Å². The van der Waals surface area contributed by atoms with Gasteiger partial charge in [-0.05, 0) is 49.1 Å². The van der Waals surface area contributed by atoms with E-state index in [9.17, 15) is 9.59 Å². The van der Waals surface area contributed by atoms with E-state index >= 15 is 0 Å². The van der Waals surface area contributed by atoms with Gasteiger partial charge in [0.1, 0.15) is 0 Å². The number of anilines is 2. The van der Waals surface area contributed by atoms with Gasteiger partial charge in [0, 0.05) is 13.1 Å². The van der Waals surface area contributed by atoms with Crippen molar-refractivity contribution in [2.75, 3.05) is 18.0 Å². The van der Waals surface area contributed by atoms with E-state index in [0.29, 0.717) is 24.6 Å². The molecular weight excluding hydrogens is 442 g/mol. The minimum absolute atomic E-state index is 0.00515. The van der Waals surface area contributed by atoms with Crippen molar-refractivity contribution < 1.29 is 9.59 Å². The van der Waals surface area contributed by atoms with Crippen LogP contribution in [-0.4, -0.2) is 34.8 Å². The molecule has 0 radical (unpaired) electrons. The van der Waals surface area contributed by atoms with Crippen LogP contribution in [0.2, 0.25) is 0 Å². The fourth-order valence-electron chi connectivity index (χ4n) is 4.56. The molecule has 2 heterocycles. The van der Waals surface area contributed by atoms with Crippen molar-refractivity contribution >= 4 is 44.2 Å². The molecule has 5 rings (SSSR count). The summed E-state index contributed by atoms with van der Waals surface area (Å²) in [5.74, 6) is -0.184. The molecule has 3 aromatic carbocycles. The lowest BCUT2D eigenvalue weighted by atomic mass is 9.95. The zero-order valence-corrected chi connectivity index (χ0v) is 20.0. The Morgan fingerprint density at radius 2 is 1.74 bits per heavy atom. The molecule has 34 heavy (non-hydrogen) atoms. The number of benzene rings is 3. The summed E-state index contributed by atoms with van der Waals surface area (Å²) in [7, 11) is 0. The molecule has 172 valence electrons. The lowest BCUT2D eigenvalue weighted by molar-refractivity contribution is -0.134.